The zero-order valence-electron chi connectivity index (χ0n) is 12.1. The van der Waals surface area contributed by atoms with Crippen LogP contribution in [-0.2, 0) is 0 Å². The number of unbranched alkanes of at least 4 members (excludes halogenated alkanes) is 2. The van der Waals surface area contributed by atoms with Gasteiger partial charge >= 0.3 is 0 Å². The lowest BCUT2D eigenvalue weighted by Gasteiger charge is -2.16. The molecule has 0 N–H and O–H groups in total. The van der Waals surface area contributed by atoms with E-state index < -0.39 is 0 Å². The van der Waals surface area contributed by atoms with Gasteiger partial charge in [0.15, 0.2) is 5.78 Å². The molecule has 1 aromatic rings. The second-order valence-electron chi connectivity index (χ2n) is 5.19. The highest BCUT2D eigenvalue weighted by molar-refractivity contribution is 5.99. The first-order chi connectivity index (χ1) is 8.54. The lowest BCUT2D eigenvalue weighted by molar-refractivity contribution is 0.0945. The molecule has 0 saturated heterocycles. The van der Waals surface area contributed by atoms with Crippen LogP contribution in [0, 0.1) is 13.8 Å². The predicted molar refractivity (Wildman–Crippen MR) is 77.3 cm³/mol. The molecular weight excluding hydrogens is 222 g/mol. The van der Waals surface area contributed by atoms with Crippen LogP contribution in [0.5, 0.6) is 0 Å². The molecule has 0 atom stereocenters. The van der Waals surface area contributed by atoms with Crippen molar-refractivity contribution in [3.63, 3.8) is 0 Å². The summed E-state index contributed by atoms with van der Waals surface area (Å²) in [5.74, 6) is 0.232. The van der Waals surface area contributed by atoms with Crippen LogP contribution in [-0.4, -0.2) is 30.8 Å². The fraction of sp³-hybridized carbons (Fsp3) is 0.562. The Morgan fingerprint density at radius 3 is 2.61 bits per heavy atom. The number of carbonyl (C=O) groups excluding carboxylic acids is 1. The maximum absolute atomic E-state index is 12.2. The molecule has 2 heteroatoms. The third-order valence-corrected chi connectivity index (χ3v) is 3.25. The monoisotopic (exact) mass is 247 g/mol. The Bertz CT molecular complexity index is 398. The third-order valence-electron chi connectivity index (χ3n) is 3.25. The summed E-state index contributed by atoms with van der Waals surface area (Å²) in [6.07, 6.45) is 3.63. The summed E-state index contributed by atoms with van der Waals surface area (Å²) in [6, 6.07) is 6.08. The van der Waals surface area contributed by atoms with Crippen molar-refractivity contribution in [3.8, 4) is 0 Å². The number of rotatable bonds is 7. The van der Waals surface area contributed by atoms with Crippen LogP contribution in [0.2, 0.25) is 0 Å². The van der Waals surface area contributed by atoms with E-state index in [4.69, 9.17) is 0 Å². The van der Waals surface area contributed by atoms with E-state index in [1.165, 1.54) is 19.3 Å². The Morgan fingerprint density at radius 2 is 1.94 bits per heavy atom. The second-order valence-corrected chi connectivity index (χ2v) is 5.19. The van der Waals surface area contributed by atoms with Gasteiger partial charge in [-0.05, 0) is 45.5 Å². The van der Waals surface area contributed by atoms with Crippen molar-refractivity contribution in [2.45, 2.75) is 40.0 Å². The summed E-state index contributed by atoms with van der Waals surface area (Å²) in [7, 11) is 2.03. The number of benzene rings is 1. The first-order valence-corrected chi connectivity index (χ1v) is 6.83. The number of hydrogen-bond acceptors (Lipinski definition) is 2. The molecule has 18 heavy (non-hydrogen) atoms. The van der Waals surface area contributed by atoms with Gasteiger partial charge in [-0.1, -0.05) is 37.5 Å². The van der Waals surface area contributed by atoms with Crippen molar-refractivity contribution < 1.29 is 4.79 Å². The van der Waals surface area contributed by atoms with Gasteiger partial charge in [0, 0.05) is 5.56 Å². The van der Waals surface area contributed by atoms with Gasteiger partial charge in [-0.15, -0.1) is 0 Å². The highest BCUT2D eigenvalue weighted by Gasteiger charge is 2.11. The Kier molecular flexibility index (Phi) is 6.06. The summed E-state index contributed by atoms with van der Waals surface area (Å²) in [5.41, 5.74) is 3.10. The average molecular weight is 247 g/mol. The van der Waals surface area contributed by atoms with E-state index in [1.807, 2.05) is 33.0 Å². The Labute approximate surface area is 111 Å². The highest BCUT2D eigenvalue weighted by Crippen LogP contribution is 2.12. The minimum atomic E-state index is 0.232. The minimum absolute atomic E-state index is 0.232. The smallest absolute Gasteiger partial charge is 0.177 e. The van der Waals surface area contributed by atoms with E-state index in [0.29, 0.717) is 6.54 Å². The zero-order chi connectivity index (χ0) is 13.5. The molecule has 0 spiro atoms. The van der Waals surface area contributed by atoms with Crippen molar-refractivity contribution in [3.05, 3.63) is 34.9 Å². The van der Waals surface area contributed by atoms with Crippen LogP contribution < -0.4 is 0 Å². The van der Waals surface area contributed by atoms with Crippen LogP contribution in [0.4, 0.5) is 0 Å². The lowest BCUT2D eigenvalue weighted by Crippen LogP contribution is -2.27. The molecule has 0 saturated carbocycles. The number of hydrogen-bond donors (Lipinski definition) is 0. The predicted octanol–water partition coefficient (Wildman–Crippen LogP) is 3.61. The number of aryl methyl sites for hydroxylation is 2. The lowest BCUT2D eigenvalue weighted by atomic mass is 10.0. The molecule has 0 fully saturated rings. The molecule has 0 aliphatic carbocycles. The molecular formula is C16H25NO. The van der Waals surface area contributed by atoms with Gasteiger partial charge in [-0.25, -0.2) is 0 Å². The van der Waals surface area contributed by atoms with E-state index in [-0.39, 0.29) is 5.78 Å². The molecule has 2 nitrogen and oxygen atoms in total. The topological polar surface area (TPSA) is 20.3 Å². The van der Waals surface area contributed by atoms with Crippen molar-refractivity contribution in [1.29, 1.82) is 0 Å². The van der Waals surface area contributed by atoms with Crippen LogP contribution in [0.3, 0.4) is 0 Å². The standard InChI is InChI=1S/C16H25NO/c1-5-6-7-10-17(4)12-16(18)15-11-13(2)8-9-14(15)3/h8-9,11H,5-7,10,12H2,1-4H3. The van der Waals surface area contributed by atoms with E-state index in [9.17, 15) is 4.79 Å². The number of carbonyl (C=O) groups is 1. The van der Waals surface area contributed by atoms with Gasteiger partial charge < -0.3 is 0 Å². The third kappa shape index (κ3) is 4.61. The van der Waals surface area contributed by atoms with Crippen molar-refractivity contribution in [2.75, 3.05) is 20.1 Å². The van der Waals surface area contributed by atoms with Gasteiger partial charge in [0.25, 0.3) is 0 Å². The van der Waals surface area contributed by atoms with Crippen LogP contribution in [0.15, 0.2) is 18.2 Å². The second kappa shape index (κ2) is 7.32. The fourth-order valence-electron chi connectivity index (χ4n) is 2.08. The molecule has 0 bridgehead atoms. The number of Topliss-reactive ketones (excluding diaryl/α,β-unsaturated/α-hetero) is 1. The summed E-state index contributed by atoms with van der Waals surface area (Å²) < 4.78 is 0. The van der Waals surface area contributed by atoms with Crippen molar-refractivity contribution in [2.24, 2.45) is 0 Å². The van der Waals surface area contributed by atoms with Gasteiger partial charge in [0.05, 0.1) is 6.54 Å². The zero-order valence-corrected chi connectivity index (χ0v) is 12.1. The Hall–Kier alpha value is -1.15. The number of nitrogens with zero attached hydrogens (tertiary/aromatic N) is 1. The van der Waals surface area contributed by atoms with Gasteiger partial charge in [0.1, 0.15) is 0 Å². The van der Waals surface area contributed by atoms with Crippen LogP contribution >= 0.6 is 0 Å². The summed E-state index contributed by atoms with van der Waals surface area (Å²) in [6.45, 7) is 7.75. The molecule has 0 amide bonds. The molecule has 100 valence electrons. The summed E-state index contributed by atoms with van der Waals surface area (Å²) >= 11 is 0. The number of likely N-dealkylation sites (N-methyl/N-ethyl adjacent to an activating group) is 1. The normalized spacial score (nSPS) is 10.9. The highest BCUT2D eigenvalue weighted by atomic mass is 16.1. The minimum Gasteiger partial charge on any atom is -0.299 e. The molecule has 0 aromatic heterocycles. The van der Waals surface area contributed by atoms with Gasteiger partial charge in [-0.3, -0.25) is 9.69 Å². The van der Waals surface area contributed by atoms with E-state index >= 15 is 0 Å². The van der Waals surface area contributed by atoms with Crippen LogP contribution in [0.25, 0.3) is 0 Å². The first-order valence-electron chi connectivity index (χ1n) is 6.83. The maximum Gasteiger partial charge on any atom is 0.177 e. The summed E-state index contributed by atoms with van der Waals surface area (Å²) in [5, 5.41) is 0. The molecule has 0 aliphatic rings. The Balaban J connectivity index is 2.56. The first kappa shape index (κ1) is 14.9. The SMILES string of the molecule is CCCCCN(C)CC(=O)c1cc(C)ccc1C. The molecule has 0 unspecified atom stereocenters. The average Bonchev–Trinajstić information content (AvgIpc) is 2.32. The molecule has 0 radical (unpaired) electrons. The summed E-state index contributed by atoms with van der Waals surface area (Å²) in [4.78, 5) is 14.3. The maximum atomic E-state index is 12.2. The van der Waals surface area contributed by atoms with Crippen LogP contribution in [0.1, 0.15) is 47.7 Å². The Morgan fingerprint density at radius 1 is 1.22 bits per heavy atom. The van der Waals surface area contributed by atoms with Gasteiger partial charge in [-0.2, -0.15) is 0 Å². The van der Waals surface area contributed by atoms with Crippen molar-refractivity contribution >= 4 is 5.78 Å². The fourth-order valence-corrected chi connectivity index (χ4v) is 2.08. The van der Waals surface area contributed by atoms with Gasteiger partial charge in [0.2, 0.25) is 0 Å². The molecule has 1 rings (SSSR count). The van der Waals surface area contributed by atoms with E-state index in [0.717, 1.165) is 23.2 Å². The quantitative estimate of drug-likeness (QED) is 0.542. The molecule has 0 aliphatic heterocycles. The van der Waals surface area contributed by atoms with Crippen molar-refractivity contribution in [1.82, 2.24) is 4.90 Å². The number of ketones is 1. The van der Waals surface area contributed by atoms with E-state index in [2.05, 4.69) is 17.9 Å². The molecule has 1 aromatic carbocycles. The largest absolute Gasteiger partial charge is 0.299 e. The molecule has 0 heterocycles. The van der Waals surface area contributed by atoms with E-state index in [1.54, 1.807) is 0 Å².